The zero-order valence-electron chi connectivity index (χ0n) is 10.9. The summed E-state index contributed by atoms with van der Waals surface area (Å²) >= 11 is 1.83. The average Bonchev–Trinajstić information content (AvgIpc) is 2.88. The van der Waals surface area contributed by atoms with Crippen LogP contribution in [0.1, 0.15) is 40.8 Å². The van der Waals surface area contributed by atoms with E-state index in [0.29, 0.717) is 0 Å². The van der Waals surface area contributed by atoms with Crippen LogP contribution < -0.4 is 11.3 Å². The van der Waals surface area contributed by atoms with Gasteiger partial charge in [-0.2, -0.15) is 0 Å². The molecule has 0 saturated carbocycles. The summed E-state index contributed by atoms with van der Waals surface area (Å²) < 4.78 is 0. The zero-order valence-corrected chi connectivity index (χ0v) is 11.8. The van der Waals surface area contributed by atoms with E-state index < -0.39 is 0 Å². The lowest BCUT2D eigenvalue weighted by atomic mass is 10.0. The van der Waals surface area contributed by atoms with Gasteiger partial charge in [0.05, 0.1) is 6.04 Å². The highest BCUT2D eigenvalue weighted by Crippen LogP contribution is 2.28. The van der Waals surface area contributed by atoms with Crippen LogP contribution >= 0.6 is 11.3 Å². The van der Waals surface area contributed by atoms with Crippen LogP contribution in [0.4, 0.5) is 0 Å². The SMILES string of the molecule is CCc1cccc(C(NN)c2ccc(CC)s2)c1. The number of hydrogen-bond donors (Lipinski definition) is 2. The molecule has 0 bridgehead atoms. The standard InChI is InChI=1S/C15H20N2S/c1-3-11-6-5-7-12(10-11)15(17-16)14-9-8-13(4-2)18-14/h5-10,15,17H,3-4,16H2,1-2H3. The number of nitrogens with one attached hydrogen (secondary N) is 1. The van der Waals surface area contributed by atoms with Gasteiger partial charge in [-0.15, -0.1) is 11.3 Å². The highest BCUT2D eigenvalue weighted by Gasteiger charge is 2.14. The van der Waals surface area contributed by atoms with Gasteiger partial charge in [0.15, 0.2) is 0 Å². The highest BCUT2D eigenvalue weighted by molar-refractivity contribution is 7.12. The Morgan fingerprint density at radius 2 is 2.00 bits per heavy atom. The van der Waals surface area contributed by atoms with E-state index in [1.165, 1.54) is 20.9 Å². The first-order chi connectivity index (χ1) is 8.78. The molecule has 0 radical (unpaired) electrons. The molecule has 2 rings (SSSR count). The first kappa shape index (κ1) is 13.3. The molecule has 1 unspecified atom stereocenters. The first-order valence-electron chi connectivity index (χ1n) is 6.42. The maximum Gasteiger partial charge on any atom is 0.0802 e. The van der Waals surface area contributed by atoms with Crippen LogP contribution in [0.5, 0.6) is 0 Å². The van der Waals surface area contributed by atoms with Crippen molar-refractivity contribution < 1.29 is 0 Å². The van der Waals surface area contributed by atoms with Crippen molar-refractivity contribution in [3.05, 3.63) is 57.3 Å². The van der Waals surface area contributed by atoms with Crippen molar-refractivity contribution in [2.24, 2.45) is 5.84 Å². The van der Waals surface area contributed by atoms with Crippen LogP contribution in [-0.4, -0.2) is 0 Å². The predicted octanol–water partition coefficient (Wildman–Crippen LogP) is 3.43. The van der Waals surface area contributed by atoms with Gasteiger partial charge < -0.3 is 0 Å². The zero-order chi connectivity index (χ0) is 13.0. The van der Waals surface area contributed by atoms with Gasteiger partial charge in [0.2, 0.25) is 0 Å². The summed E-state index contributed by atoms with van der Waals surface area (Å²) in [5.41, 5.74) is 5.52. The average molecular weight is 260 g/mol. The fraction of sp³-hybridized carbons (Fsp3) is 0.333. The fourth-order valence-corrected chi connectivity index (χ4v) is 3.12. The predicted molar refractivity (Wildman–Crippen MR) is 78.7 cm³/mol. The maximum absolute atomic E-state index is 5.74. The molecule has 1 aromatic heterocycles. The fourth-order valence-electron chi connectivity index (χ4n) is 2.07. The second-order valence-corrected chi connectivity index (χ2v) is 5.56. The summed E-state index contributed by atoms with van der Waals surface area (Å²) in [4.78, 5) is 2.68. The van der Waals surface area contributed by atoms with E-state index in [0.717, 1.165) is 12.8 Å². The minimum atomic E-state index is 0.0989. The lowest BCUT2D eigenvalue weighted by Crippen LogP contribution is -2.28. The molecular formula is C15H20N2S. The molecule has 0 fully saturated rings. The van der Waals surface area contributed by atoms with E-state index in [4.69, 9.17) is 5.84 Å². The van der Waals surface area contributed by atoms with E-state index in [2.05, 4.69) is 55.7 Å². The maximum atomic E-state index is 5.74. The first-order valence-corrected chi connectivity index (χ1v) is 7.23. The van der Waals surface area contributed by atoms with Gasteiger partial charge in [-0.25, -0.2) is 5.43 Å². The topological polar surface area (TPSA) is 38.0 Å². The van der Waals surface area contributed by atoms with Gasteiger partial charge in [0.1, 0.15) is 0 Å². The molecule has 0 aliphatic heterocycles. The Hall–Kier alpha value is -1.16. The van der Waals surface area contributed by atoms with Gasteiger partial charge >= 0.3 is 0 Å². The van der Waals surface area contributed by atoms with E-state index in [1.54, 1.807) is 0 Å². The Bertz CT molecular complexity index is 505. The summed E-state index contributed by atoms with van der Waals surface area (Å²) in [5.74, 6) is 5.74. The number of benzene rings is 1. The van der Waals surface area contributed by atoms with E-state index in [1.807, 2.05) is 11.3 Å². The molecule has 0 saturated heterocycles. The Morgan fingerprint density at radius 1 is 1.17 bits per heavy atom. The smallest absolute Gasteiger partial charge is 0.0802 e. The minimum absolute atomic E-state index is 0.0989. The molecule has 1 heterocycles. The van der Waals surface area contributed by atoms with Crippen LogP contribution in [-0.2, 0) is 12.8 Å². The molecular weight excluding hydrogens is 240 g/mol. The van der Waals surface area contributed by atoms with Gasteiger partial charge in [-0.1, -0.05) is 38.1 Å². The van der Waals surface area contributed by atoms with Crippen LogP contribution in [0, 0.1) is 0 Å². The van der Waals surface area contributed by atoms with E-state index >= 15 is 0 Å². The number of hydrogen-bond acceptors (Lipinski definition) is 3. The molecule has 0 spiro atoms. The van der Waals surface area contributed by atoms with Crippen molar-refractivity contribution in [3.63, 3.8) is 0 Å². The number of rotatable bonds is 5. The molecule has 2 nitrogen and oxygen atoms in total. The summed E-state index contributed by atoms with van der Waals surface area (Å²) in [7, 11) is 0. The summed E-state index contributed by atoms with van der Waals surface area (Å²) in [6.07, 6.45) is 2.13. The molecule has 96 valence electrons. The number of aryl methyl sites for hydroxylation is 2. The van der Waals surface area contributed by atoms with Crippen molar-refractivity contribution >= 4 is 11.3 Å². The molecule has 2 aromatic rings. The van der Waals surface area contributed by atoms with Gasteiger partial charge in [-0.3, -0.25) is 5.84 Å². The summed E-state index contributed by atoms with van der Waals surface area (Å²) in [6, 6.07) is 13.1. The molecule has 0 aliphatic rings. The second-order valence-electron chi connectivity index (χ2n) is 4.36. The van der Waals surface area contributed by atoms with Crippen molar-refractivity contribution in [1.29, 1.82) is 0 Å². The lowest BCUT2D eigenvalue weighted by Gasteiger charge is -2.15. The van der Waals surface area contributed by atoms with Crippen molar-refractivity contribution in [2.75, 3.05) is 0 Å². The van der Waals surface area contributed by atoms with E-state index in [9.17, 15) is 0 Å². The normalized spacial score (nSPS) is 12.6. The van der Waals surface area contributed by atoms with Crippen LogP contribution in [0.25, 0.3) is 0 Å². The van der Waals surface area contributed by atoms with Gasteiger partial charge in [-0.05, 0) is 36.1 Å². The van der Waals surface area contributed by atoms with Crippen LogP contribution in [0.3, 0.4) is 0 Å². The minimum Gasteiger partial charge on any atom is -0.271 e. The number of thiophene rings is 1. The third-order valence-electron chi connectivity index (χ3n) is 3.17. The Kier molecular flexibility index (Phi) is 4.53. The van der Waals surface area contributed by atoms with Crippen molar-refractivity contribution in [3.8, 4) is 0 Å². The molecule has 1 atom stereocenters. The van der Waals surface area contributed by atoms with E-state index in [-0.39, 0.29) is 6.04 Å². The second kappa shape index (κ2) is 6.14. The quantitative estimate of drug-likeness (QED) is 0.638. The number of hydrazine groups is 1. The van der Waals surface area contributed by atoms with Crippen LogP contribution in [0.15, 0.2) is 36.4 Å². The summed E-state index contributed by atoms with van der Waals surface area (Å²) in [5, 5.41) is 0. The van der Waals surface area contributed by atoms with Crippen LogP contribution in [0.2, 0.25) is 0 Å². The Balaban J connectivity index is 2.32. The monoisotopic (exact) mass is 260 g/mol. The molecule has 3 N–H and O–H groups in total. The Labute approximate surface area is 113 Å². The lowest BCUT2D eigenvalue weighted by molar-refractivity contribution is 0.646. The largest absolute Gasteiger partial charge is 0.271 e. The molecule has 1 aromatic carbocycles. The molecule has 3 heteroatoms. The number of nitrogens with two attached hydrogens (primary N) is 1. The molecule has 0 amide bonds. The van der Waals surface area contributed by atoms with Crippen molar-refractivity contribution in [2.45, 2.75) is 32.7 Å². The van der Waals surface area contributed by atoms with Crippen molar-refractivity contribution in [1.82, 2.24) is 5.43 Å². The summed E-state index contributed by atoms with van der Waals surface area (Å²) in [6.45, 7) is 4.35. The van der Waals surface area contributed by atoms with Gasteiger partial charge in [0.25, 0.3) is 0 Å². The Morgan fingerprint density at radius 3 is 2.61 bits per heavy atom. The molecule has 0 aliphatic carbocycles. The third-order valence-corrected chi connectivity index (χ3v) is 4.47. The molecule has 18 heavy (non-hydrogen) atoms. The third kappa shape index (κ3) is 2.80. The highest BCUT2D eigenvalue weighted by atomic mass is 32.1. The van der Waals surface area contributed by atoms with Gasteiger partial charge in [0, 0.05) is 9.75 Å².